The number of nitrogens with zero attached hydrogens (tertiary/aromatic N) is 2. The van der Waals surface area contributed by atoms with E-state index in [0.29, 0.717) is 5.69 Å². The van der Waals surface area contributed by atoms with E-state index < -0.39 is 4.92 Å². The molecule has 0 amide bonds. The van der Waals surface area contributed by atoms with Crippen molar-refractivity contribution >= 4 is 5.69 Å². The summed E-state index contributed by atoms with van der Waals surface area (Å²) in [7, 11) is 0. The van der Waals surface area contributed by atoms with Gasteiger partial charge in [-0.3, -0.25) is 14.7 Å². The summed E-state index contributed by atoms with van der Waals surface area (Å²) in [4.78, 5) is 10.2. The SMILES string of the molecule is O=[N+]([O-])c1ccc(-n2c(O)c3c(c2O)[C@H]2C=C[C@@H]3C2)cc1. The van der Waals surface area contributed by atoms with E-state index in [1.165, 1.54) is 28.8 Å². The van der Waals surface area contributed by atoms with Crippen molar-refractivity contribution in [1.82, 2.24) is 4.57 Å². The molecular formula is C15H12N2O4. The average molecular weight is 284 g/mol. The highest BCUT2D eigenvalue weighted by Crippen LogP contribution is 2.57. The van der Waals surface area contributed by atoms with Gasteiger partial charge in [0.1, 0.15) is 0 Å². The van der Waals surface area contributed by atoms with Gasteiger partial charge in [0.15, 0.2) is 0 Å². The van der Waals surface area contributed by atoms with Crippen molar-refractivity contribution in [3.8, 4) is 17.4 Å². The van der Waals surface area contributed by atoms with Crippen molar-refractivity contribution in [3.05, 3.63) is 57.7 Å². The number of hydrogen-bond acceptors (Lipinski definition) is 4. The van der Waals surface area contributed by atoms with Crippen molar-refractivity contribution in [1.29, 1.82) is 0 Å². The van der Waals surface area contributed by atoms with Crippen LogP contribution >= 0.6 is 0 Å². The summed E-state index contributed by atoms with van der Waals surface area (Å²) in [5.74, 6) is 0.340. The highest BCUT2D eigenvalue weighted by Gasteiger charge is 2.41. The monoisotopic (exact) mass is 284 g/mol. The van der Waals surface area contributed by atoms with E-state index in [4.69, 9.17) is 0 Å². The van der Waals surface area contributed by atoms with Crippen LogP contribution in [-0.2, 0) is 0 Å². The van der Waals surface area contributed by atoms with E-state index in [9.17, 15) is 20.3 Å². The third-order valence-electron chi connectivity index (χ3n) is 4.34. The maximum atomic E-state index is 10.7. The third kappa shape index (κ3) is 1.47. The molecule has 0 radical (unpaired) electrons. The molecule has 0 saturated heterocycles. The number of aromatic hydroxyl groups is 2. The number of non-ortho nitro benzene ring substituents is 1. The maximum absolute atomic E-state index is 10.7. The normalized spacial score (nSPS) is 21.7. The van der Waals surface area contributed by atoms with Gasteiger partial charge >= 0.3 is 0 Å². The lowest BCUT2D eigenvalue weighted by molar-refractivity contribution is -0.384. The standard InChI is InChI=1S/C15H12N2O4/c18-14-12-8-1-2-9(7-8)13(12)15(19)16(14)10-3-5-11(6-4-10)17(20)21/h1-6,8-9,18-19H,7H2/t8-,9+. The predicted octanol–water partition coefficient (Wildman–Crippen LogP) is 2.94. The Morgan fingerprint density at radius 1 is 1.05 bits per heavy atom. The van der Waals surface area contributed by atoms with Crippen LogP contribution in [0.5, 0.6) is 11.8 Å². The van der Waals surface area contributed by atoms with Gasteiger partial charge < -0.3 is 10.2 Å². The highest BCUT2D eigenvalue weighted by molar-refractivity contribution is 5.62. The Balaban J connectivity index is 1.86. The van der Waals surface area contributed by atoms with Crippen LogP contribution in [0.25, 0.3) is 5.69 Å². The highest BCUT2D eigenvalue weighted by atomic mass is 16.6. The summed E-state index contributed by atoms with van der Waals surface area (Å²) in [5, 5.41) is 31.5. The van der Waals surface area contributed by atoms with Gasteiger partial charge in [0.05, 0.1) is 10.6 Å². The fourth-order valence-corrected chi connectivity index (χ4v) is 3.41. The van der Waals surface area contributed by atoms with E-state index in [1.54, 1.807) is 0 Å². The zero-order valence-electron chi connectivity index (χ0n) is 10.9. The van der Waals surface area contributed by atoms with Gasteiger partial charge in [-0.1, -0.05) is 12.2 Å². The van der Waals surface area contributed by atoms with Crippen LogP contribution in [0.2, 0.25) is 0 Å². The largest absolute Gasteiger partial charge is 0.494 e. The Hall–Kier alpha value is -2.76. The Labute approximate surface area is 119 Å². The number of fused-ring (bicyclic) bond motifs is 5. The molecule has 0 unspecified atom stereocenters. The Bertz CT molecular complexity index is 753. The minimum absolute atomic E-state index is 0.0215. The molecular weight excluding hydrogens is 272 g/mol. The number of nitro benzene ring substituents is 1. The molecule has 0 aliphatic heterocycles. The van der Waals surface area contributed by atoms with Gasteiger partial charge in [0.2, 0.25) is 11.8 Å². The van der Waals surface area contributed by atoms with Gasteiger partial charge in [0, 0.05) is 35.1 Å². The molecule has 6 nitrogen and oxygen atoms in total. The Kier molecular flexibility index (Phi) is 2.22. The minimum atomic E-state index is -0.483. The molecule has 2 aromatic rings. The van der Waals surface area contributed by atoms with E-state index >= 15 is 0 Å². The molecule has 1 aromatic carbocycles. The first-order valence-electron chi connectivity index (χ1n) is 6.67. The van der Waals surface area contributed by atoms with E-state index in [1.807, 2.05) is 12.2 Å². The first-order valence-corrected chi connectivity index (χ1v) is 6.67. The summed E-state index contributed by atoms with van der Waals surface area (Å²) in [6.45, 7) is 0. The molecule has 0 saturated carbocycles. The van der Waals surface area contributed by atoms with Gasteiger partial charge in [-0.25, -0.2) is 0 Å². The van der Waals surface area contributed by atoms with Crippen molar-refractivity contribution in [2.24, 2.45) is 0 Å². The molecule has 2 aliphatic rings. The second-order valence-electron chi connectivity index (χ2n) is 5.42. The van der Waals surface area contributed by atoms with Crippen LogP contribution in [0.15, 0.2) is 36.4 Å². The Morgan fingerprint density at radius 2 is 1.57 bits per heavy atom. The molecule has 4 rings (SSSR count). The van der Waals surface area contributed by atoms with Crippen molar-refractivity contribution in [3.63, 3.8) is 0 Å². The summed E-state index contributed by atoms with van der Waals surface area (Å²) >= 11 is 0. The van der Waals surface area contributed by atoms with Gasteiger partial charge in [-0.15, -0.1) is 0 Å². The summed E-state index contributed by atoms with van der Waals surface area (Å²) < 4.78 is 1.35. The van der Waals surface area contributed by atoms with Crippen LogP contribution in [0.3, 0.4) is 0 Å². The number of aromatic nitrogens is 1. The van der Waals surface area contributed by atoms with Crippen LogP contribution < -0.4 is 0 Å². The third-order valence-corrected chi connectivity index (χ3v) is 4.34. The molecule has 2 N–H and O–H groups in total. The first-order chi connectivity index (χ1) is 10.1. The molecule has 0 spiro atoms. The second-order valence-corrected chi connectivity index (χ2v) is 5.42. The van der Waals surface area contributed by atoms with Crippen molar-refractivity contribution in [2.75, 3.05) is 0 Å². The molecule has 2 atom stereocenters. The zero-order valence-corrected chi connectivity index (χ0v) is 10.9. The zero-order chi connectivity index (χ0) is 14.7. The lowest BCUT2D eigenvalue weighted by Crippen LogP contribution is -1.96. The van der Waals surface area contributed by atoms with Gasteiger partial charge in [0.25, 0.3) is 5.69 Å². The van der Waals surface area contributed by atoms with E-state index in [2.05, 4.69) is 0 Å². The van der Waals surface area contributed by atoms with Crippen LogP contribution in [0, 0.1) is 10.1 Å². The topological polar surface area (TPSA) is 88.5 Å². The molecule has 21 heavy (non-hydrogen) atoms. The van der Waals surface area contributed by atoms with E-state index in [0.717, 1.165) is 17.5 Å². The van der Waals surface area contributed by atoms with Crippen LogP contribution in [-0.4, -0.2) is 19.7 Å². The maximum Gasteiger partial charge on any atom is 0.269 e. The molecule has 2 bridgehead atoms. The van der Waals surface area contributed by atoms with Crippen molar-refractivity contribution < 1.29 is 15.1 Å². The lowest BCUT2D eigenvalue weighted by atomic mass is 10.0. The number of rotatable bonds is 2. The minimum Gasteiger partial charge on any atom is -0.494 e. The summed E-state index contributed by atoms with van der Waals surface area (Å²) in [6.07, 6.45) is 4.99. The molecule has 6 heteroatoms. The molecule has 1 heterocycles. The van der Waals surface area contributed by atoms with Gasteiger partial charge in [-0.05, 0) is 18.6 Å². The number of nitro groups is 1. The molecule has 106 valence electrons. The fraction of sp³-hybridized carbons (Fsp3) is 0.200. The molecule has 0 fully saturated rings. The Morgan fingerprint density at radius 3 is 2.05 bits per heavy atom. The average Bonchev–Trinajstić information content (AvgIpc) is 3.13. The quantitative estimate of drug-likeness (QED) is 0.504. The fourth-order valence-electron chi connectivity index (χ4n) is 3.41. The smallest absolute Gasteiger partial charge is 0.269 e. The molecule has 2 aliphatic carbocycles. The summed E-state index contributed by atoms with van der Waals surface area (Å²) in [5.41, 5.74) is 2.03. The van der Waals surface area contributed by atoms with Crippen molar-refractivity contribution in [2.45, 2.75) is 18.3 Å². The molecule has 1 aromatic heterocycles. The van der Waals surface area contributed by atoms with Crippen LogP contribution in [0.1, 0.15) is 29.4 Å². The van der Waals surface area contributed by atoms with Gasteiger partial charge in [-0.2, -0.15) is 0 Å². The van der Waals surface area contributed by atoms with Crippen LogP contribution in [0.4, 0.5) is 5.69 Å². The number of benzene rings is 1. The van der Waals surface area contributed by atoms with E-state index in [-0.39, 0.29) is 29.3 Å². The second kappa shape index (κ2) is 3.88. The number of hydrogen-bond donors (Lipinski definition) is 2. The number of allylic oxidation sites excluding steroid dienone is 2. The first kappa shape index (κ1) is 12.0. The summed E-state index contributed by atoms with van der Waals surface area (Å²) in [6, 6.07) is 5.74. The lowest BCUT2D eigenvalue weighted by Gasteiger charge is -2.09. The predicted molar refractivity (Wildman–Crippen MR) is 75.0 cm³/mol.